The molecule has 1 aliphatic heterocycles. The first-order valence-electron chi connectivity index (χ1n) is 8.55. The van der Waals surface area contributed by atoms with Crippen LogP contribution in [0.25, 0.3) is 0 Å². The highest BCUT2D eigenvalue weighted by atomic mass is 16.6. The number of nitrogens with one attached hydrogen (secondary N) is 1. The van der Waals surface area contributed by atoms with Crippen molar-refractivity contribution in [2.75, 3.05) is 5.32 Å². The number of nitro benzene ring substituents is 1. The fourth-order valence-electron chi connectivity index (χ4n) is 3.12. The summed E-state index contributed by atoms with van der Waals surface area (Å²) >= 11 is 0. The maximum atomic E-state index is 12.8. The van der Waals surface area contributed by atoms with Crippen LogP contribution in [0.3, 0.4) is 0 Å². The molecule has 0 spiro atoms. The molecule has 1 unspecified atom stereocenters. The van der Waals surface area contributed by atoms with Crippen molar-refractivity contribution in [2.24, 2.45) is 4.99 Å². The van der Waals surface area contributed by atoms with Gasteiger partial charge in [-0.15, -0.1) is 0 Å². The highest BCUT2D eigenvalue weighted by Crippen LogP contribution is 2.32. The molecule has 28 heavy (non-hydrogen) atoms. The number of non-ortho nitro benzene ring substituents is 1. The van der Waals surface area contributed by atoms with Crippen LogP contribution >= 0.6 is 0 Å². The minimum absolute atomic E-state index is 0.0836. The van der Waals surface area contributed by atoms with E-state index in [0.29, 0.717) is 22.5 Å². The zero-order valence-electron chi connectivity index (χ0n) is 14.6. The normalized spacial score (nSPS) is 15.8. The van der Waals surface area contributed by atoms with Gasteiger partial charge in [0.05, 0.1) is 16.3 Å². The Morgan fingerprint density at radius 2 is 1.71 bits per heavy atom. The summed E-state index contributed by atoms with van der Waals surface area (Å²) in [5, 5.41) is 23.6. The van der Waals surface area contributed by atoms with E-state index in [1.165, 1.54) is 30.3 Å². The molecule has 1 amide bonds. The maximum absolute atomic E-state index is 12.8. The number of aromatic hydroxyl groups is 1. The van der Waals surface area contributed by atoms with Gasteiger partial charge in [0.25, 0.3) is 11.6 Å². The molecular weight excluding hydrogens is 358 g/mol. The monoisotopic (exact) mass is 373 g/mol. The zero-order valence-corrected chi connectivity index (χ0v) is 14.6. The Balaban J connectivity index is 1.93. The van der Waals surface area contributed by atoms with E-state index in [0.717, 1.165) is 5.56 Å². The van der Waals surface area contributed by atoms with E-state index in [-0.39, 0.29) is 17.3 Å². The average Bonchev–Trinajstić information content (AvgIpc) is 2.85. The van der Waals surface area contributed by atoms with Gasteiger partial charge in [0, 0.05) is 23.3 Å². The Bertz CT molecular complexity index is 1090. The van der Waals surface area contributed by atoms with Gasteiger partial charge in [0.2, 0.25) is 0 Å². The highest BCUT2D eigenvalue weighted by Gasteiger charge is 2.28. The quantitative estimate of drug-likeness (QED) is 0.538. The summed E-state index contributed by atoms with van der Waals surface area (Å²) in [5.74, 6) is -0.268. The van der Waals surface area contributed by atoms with E-state index in [9.17, 15) is 20.0 Å². The van der Waals surface area contributed by atoms with Crippen LogP contribution in [-0.4, -0.2) is 21.6 Å². The van der Waals surface area contributed by atoms with Crippen LogP contribution in [0.15, 0.2) is 77.8 Å². The number of aliphatic imine (C=N–C) groups is 1. The molecule has 0 bridgehead atoms. The first-order valence-corrected chi connectivity index (χ1v) is 8.55. The van der Waals surface area contributed by atoms with E-state index in [1.54, 1.807) is 12.1 Å². The third kappa shape index (κ3) is 3.21. The van der Waals surface area contributed by atoms with Gasteiger partial charge in [-0.2, -0.15) is 0 Å². The SMILES string of the molecule is O=C1Nc2ccc([N+](=O)[O-])cc2C(c2ccccc2)=NC1c1ccc(O)cc1. The van der Waals surface area contributed by atoms with Crippen LogP contribution in [0.4, 0.5) is 11.4 Å². The minimum atomic E-state index is -0.859. The van der Waals surface area contributed by atoms with Gasteiger partial charge in [-0.1, -0.05) is 42.5 Å². The van der Waals surface area contributed by atoms with Gasteiger partial charge in [-0.25, -0.2) is 0 Å². The summed E-state index contributed by atoms with van der Waals surface area (Å²) in [6.45, 7) is 0. The number of anilines is 1. The first kappa shape index (κ1) is 17.4. The summed E-state index contributed by atoms with van der Waals surface area (Å²) in [7, 11) is 0. The van der Waals surface area contributed by atoms with Crippen molar-refractivity contribution in [1.29, 1.82) is 0 Å². The number of benzene rings is 3. The number of nitrogens with zero attached hydrogens (tertiary/aromatic N) is 2. The average molecular weight is 373 g/mol. The van der Waals surface area contributed by atoms with E-state index < -0.39 is 11.0 Å². The molecule has 0 aliphatic carbocycles. The molecule has 138 valence electrons. The van der Waals surface area contributed by atoms with Crippen molar-refractivity contribution < 1.29 is 14.8 Å². The Kier molecular flexibility index (Phi) is 4.33. The second-order valence-electron chi connectivity index (χ2n) is 6.31. The molecule has 7 nitrogen and oxygen atoms in total. The second kappa shape index (κ2) is 6.96. The maximum Gasteiger partial charge on any atom is 0.270 e. The van der Waals surface area contributed by atoms with Crippen molar-refractivity contribution >= 4 is 23.0 Å². The molecule has 4 rings (SSSR count). The lowest BCUT2D eigenvalue weighted by Gasteiger charge is -2.11. The summed E-state index contributed by atoms with van der Waals surface area (Å²) < 4.78 is 0. The zero-order chi connectivity index (χ0) is 19.7. The van der Waals surface area contributed by atoms with Crippen molar-refractivity contribution in [3.63, 3.8) is 0 Å². The molecule has 7 heteroatoms. The van der Waals surface area contributed by atoms with Crippen molar-refractivity contribution in [2.45, 2.75) is 6.04 Å². The molecule has 1 atom stereocenters. The number of benzodiazepines with no additional fused rings is 1. The Hall–Kier alpha value is -4.00. The lowest BCUT2D eigenvalue weighted by atomic mass is 10.00. The number of hydrogen-bond acceptors (Lipinski definition) is 5. The number of phenolic OH excluding ortho intramolecular Hbond substituents is 1. The Morgan fingerprint density at radius 1 is 1.00 bits per heavy atom. The standard InChI is InChI=1S/C21H15N3O4/c25-16-9-6-14(7-10-16)20-21(26)22-18-11-8-15(24(27)28)12-17(18)19(23-20)13-4-2-1-3-5-13/h1-12,20,25H,(H,22,26). The smallest absolute Gasteiger partial charge is 0.270 e. The van der Waals surface area contributed by atoms with Gasteiger partial charge in [-0.05, 0) is 23.8 Å². The molecule has 1 heterocycles. The number of carbonyl (C=O) groups excluding carboxylic acids is 1. The molecule has 0 aromatic heterocycles. The lowest BCUT2D eigenvalue weighted by molar-refractivity contribution is -0.384. The molecule has 0 radical (unpaired) electrons. The van der Waals surface area contributed by atoms with Crippen molar-refractivity contribution in [3.05, 3.63) is 99.6 Å². The van der Waals surface area contributed by atoms with Gasteiger partial charge in [0.1, 0.15) is 5.75 Å². The van der Waals surface area contributed by atoms with Crippen LogP contribution in [0.2, 0.25) is 0 Å². The number of rotatable bonds is 3. The highest BCUT2D eigenvalue weighted by molar-refractivity contribution is 6.20. The van der Waals surface area contributed by atoms with Crippen LogP contribution in [0.1, 0.15) is 22.7 Å². The van der Waals surface area contributed by atoms with Gasteiger partial charge < -0.3 is 10.4 Å². The third-order valence-electron chi connectivity index (χ3n) is 4.49. The summed E-state index contributed by atoms with van der Waals surface area (Å²) in [5.41, 5.74) is 2.68. The molecule has 0 fully saturated rings. The van der Waals surface area contributed by atoms with Gasteiger partial charge in [-0.3, -0.25) is 19.9 Å². The number of carbonyl (C=O) groups is 1. The number of amides is 1. The molecule has 2 N–H and O–H groups in total. The second-order valence-corrected chi connectivity index (χ2v) is 6.31. The van der Waals surface area contributed by atoms with Gasteiger partial charge in [0.15, 0.2) is 6.04 Å². The topological polar surface area (TPSA) is 105 Å². The molecular formula is C21H15N3O4. The van der Waals surface area contributed by atoms with Crippen molar-refractivity contribution in [1.82, 2.24) is 0 Å². The third-order valence-corrected chi connectivity index (χ3v) is 4.49. The number of fused-ring (bicyclic) bond motifs is 1. The Morgan fingerprint density at radius 3 is 2.39 bits per heavy atom. The molecule has 1 aliphatic rings. The molecule has 3 aromatic carbocycles. The van der Waals surface area contributed by atoms with Gasteiger partial charge >= 0.3 is 0 Å². The predicted octanol–water partition coefficient (Wildman–Crippen LogP) is 3.83. The summed E-state index contributed by atoms with van der Waals surface area (Å²) in [4.78, 5) is 28.3. The summed E-state index contributed by atoms with van der Waals surface area (Å²) in [6.07, 6.45) is 0. The first-order chi connectivity index (χ1) is 13.5. The van der Waals surface area contributed by atoms with Crippen LogP contribution in [0, 0.1) is 10.1 Å². The van der Waals surface area contributed by atoms with E-state index >= 15 is 0 Å². The minimum Gasteiger partial charge on any atom is -0.508 e. The van der Waals surface area contributed by atoms with E-state index in [1.807, 2.05) is 30.3 Å². The fraction of sp³-hybridized carbons (Fsp3) is 0.0476. The van der Waals surface area contributed by atoms with E-state index in [4.69, 9.17) is 0 Å². The molecule has 0 saturated carbocycles. The van der Waals surface area contributed by atoms with Crippen molar-refractivity contribution in [3.8, 4) is 5.75 Å². The fourth-order valence-corrected chi connectivity index (χ4v) is 3.12. The molecule has 3 aromatic rings. The van der Waals surface area contributed by atoms with Crippen LogP contribution < -0.4 is 5.32 Å². The molecule has 0 saturated heterocycles. The summed E-state index contributed by atoms with van der Waals surface area (Å²) in [6, 6.07) is 18.9. The largest absolute Gasteiger partial charge is 0.508 e. The predicted molar refractivity (Wildman–Crippen MR) is 105 cm³/mol. The number of phenols is 1. The van der Waals surface area contributed by atoms with Crippen LogP contribution in [-0.2, 0) is 4.79 Å². The van der Waals surface area contributed by atoms with Crippen LogP contribution in [0.5, 0.6) is 5.75 Å². The van der Waals surface area contributed by atoms with E-state index in [2.05, 4.69) is 10.3 Å². The Labute approximate surface area is 160 Å². The lowest BCUT2D eigenvalue weighted by Crippen LogP contribution is -2.18. The number of nitro groups is 1. The number of hydrogen-bond donors (Lipinski definition) is 2.